The molecule has 1 rings (SSSR count). The lowest BCUT2D eigenvalue weighted by molar-refractivity contribution is 0.358. The van der Waals surface area contributed by atoms with E-state index in [0.717, 1.165) is 5.56 Å². The van der Waals surface area contributed by atoms with E-state index < -0.39 is 9.05 Å². The second-order valence-electron chi connectivity index (χ2n) is 4.34. The second kappa shape index (κ2) is 5.76. The van der Waals surface area contributed by atoms with Gasteiger partial charge in [-0.15, -0.1) is 0 Å². The fourth-order valence-corrected chi connectivity index (χ4v) is 2.74. The first-order valence-corrected chi connectivity index (χ1v) is 7.85. The summed E-state index contributed by atoms with van der Waals surface area (Å²) in [7, 11) is 1.65. The minimum absolute atomic E-state index is 0.135. The number of allylic oxidation sites excluding steroid dienone is 1. The maximum Gasteiger partial charge on any atom is 0.261 e. The van der Waals surface area contributed by atoms with Crippen LogP contribution in [0, 0.1) is 13.8 Å². The molecule has 3 nitrogen and oxygen atoms in total. The highest BCUT2D eigenvalue weighted by molar-refractivity contribution is 8.13. The minimum atomic E-state index is -3.70. The number of rotatable bonds is 4. The van der Waals surface area contributed by atoms with E-state index in [1.54, 1.807) is 13.0 Å². The zero-order valence-electron chi connectivity index (χ0n) is 11.0. The van der Waals surface area contributed by atoms with Crippen LogP contribution in [0.25, 0.3) is 0 Å². The standard InChI is InChI=1S/C13H17ClO3S/c1-9(2)7-8-17-12-5-6-13(18(14,15)16)11(4)10(12)3/h5-7H,8H2,1-4H3. The number of hydrogen-bond acceptors (Lipinski definition) is 3. The van der Waals surface area contributed by atoms with Crippen LogP contribution in [-0.2, 0) is 9.05 Å². The normalized spacial score (nSPS) is 11.2. The minimum Gasteiger partial charge on any atom is -0.489 e. The van der Waals surface area contributed by atoms with Gasteiger partial charge in [0.25, 0.3) is 9.05 Å². The topological polar surface area (TPSA) is 43.4 Å². The molecule has 0 fully saturated rings. The Labute approximate surface area is 113 Å². The molecule has 0 saturated heterocycles. The third-order valence-electron chi connectivity index (χ3n) is 2.68. The summed E-state index contributed by atoms with van der Waals surface area (Å²) in [6.07, 6.45) is 1.96. The first-order valence-electron chi connectivity index (χ1n) is 5.54. The number of hydrogen-bond donors (Lipinski definition) is 0. The van der Waals surface area contributed by atoms with Gasteiger partial charge >= 0.3 is 0 Å². The maximum absolute atomic E-state index is 11.3. The molecule has 0 N–H and O–H groups in total. The van der Waals surface area contributed by atoms with Gasteiger partial charge in [-0.05, 0) is 57.0 Å². The van der Waals surface area contributed by atoms with Crippen molar-refractivity contribution in [1.29, 1.82) is 0 Å². The van der Waals surface area contributed by atoms with Gasteiger partial charge in [0.15, 0.2) is 0 Å². The van der Waals surface area contributed by atoms with E-state index in [-0.39, 0.29) is 4.90 Å². The summed E-state index contributed by atoms with van der Waals surface area (Å²) >= 11 is 0. The van der Waals surface area contributed by atoms with E-state index in [2.05, 4.69) is 0 Å². The van der Waals surface area contributed by atoms with Gasteiger partial charge in [0.2, 0.25) is 0 Å². The summed E-state index contributed by atoms with van der Waals surface area (Å²) in [5, 5.41) is 0. The lowest BCUT2D eigenvalue weighted by Gasteiger charge is -2.12. The van der Waals surface area contributed by atoms with Crippen molar-refractivity contribution >= 4 is 19.7 Å². The van der Waals surface area contributed by atoms with Crippen molar-refractivity contribution < 1.29 is 13.2 Å². The highest BCUT2D eigenvalue weighted by Crippen LogP contribution is 2.28. The molecular formula is C13H17ClO3S. The third-order valence-corrected chi connectivity index (χ3v) is 4.15. The molecule has 0 heterocycles. The van der Waals surface area contributed by atoms with E-state index in [4.69, 9.17) is 15.4 Å². The quantitative estimate of drug-likeness (QED) is 0.628. The summed E-state index contributed by atoms with van der Waals surface area (Å²) in [6.45, 7) is 7.99. The SMILES string of the molecule is CC(C)=CCOc1ccc(S(=O)(=O)Cl)c(C)c1C. The molecule has 0 bridgehead atoms. The highest BCUT2D eigenvalue weighted by atomic mass is 35.7. The van der Waals surface area contributed by atoms with E-state index in [1.807, 2.05) is 26.8 Å². The van der Waals surface area contributed by atoms with Gasteiger partial charge in [-0.1, -0.05) is 5.57 Å². The van der Waals surface area contributed by atoms with Gasteiger partial charge in [0, 0.05) is 10.7 Å². The van der Waals surface area contributed by atoms with Crippen molar-refractivity contribution in [3.8, 4) is 5.75 Å². The van der Waals surface area contributed by atoms with Crippen LogP contribution in [0.15, 0.2) is 28.7 Å². The molecule has 1 aromatic carbocycles. The van der Waals surface area contributed by atoms with Gasteiger partial charge in [0.05, 0.1) is 4.90 Å². The van der Waals surface area contributed by atoms with E-state index in [9.17, 15) is 8.42 Å². The predicted molar refractivity (Wildman–Crippen MR) is 73.9 cm³/mol. The lowest BCUT2D eigenvalue weighted by Crippen LogP contribution is -2.01. The van der Waals surface area contributed by atoms with Crippen molar-refractivity contribution in [2.24, 2.45) is 0 Å². The average Bonchev–Trinajstić information content (AvgIpc) is 2.22. The first kappa shape index (κ1) is 15.1. The molecule has 0 saturated carbocycles. The summed E-state index contributed by atoms with van der Waals surface area (Å²) in [6, 6.07) is 3.11. The Morgan fingerprint density at radius 2 is 1.89 bits per heavy atom. The molecule has 0 aromatic heterocycles. The van der Waals surface area contributed by atoms with Crippen LogP contribution in [0.5, 0.6) is 5.75 Å². The fourth-order valence-electron chi connectivity index (χ4n) is 1.49. The second-order valence-corrected chi connectivity index (χ2v) is 6.88. The smallest absolute Gasteiger partial charge is 0.261 e. The van der Waals surface area contributed by atoms with Crippen molar-refractivity contribution in [2.75, 3.05) is 6.61 Å². The van der Waals surface area contributed by atoms with Crippen LogP contribution in [0.4, 0.5) is 0 Å². The first-order chi connectivity index (χ1) is 8.23. The molecule has 0 aliphatic carbocycles. The zero-order chi connectivity index (χ0) is 13.9. The molecule has 5 heteroatoms. The molecule has 0 amide bonds. The van der Waals surface area contributed by atoms with E-state index in [0.29, 0.717) is 17.9 Å². The van der Waals surface area contributed by atoms with Gasteiger partial charge in [-0.3, -0.25) is 0 Å². The number of ether oxygens (including phenoxy) is 1. The van der Waals surface area contributed by atoms with Crippen LogP contribution in [0.1, 0.15) is 25.0 Å². The Morgan fingerprint density at radius 3 is 2.39 bits per heavy atom. The fraction of sp³-hybridized carbons (Fsp3) is 0.385. The van der Waals surface area contributed by atoms with Gasteiger partial charge in [0.1, 0.15) is 12.4 Å². The summed E-state index contributed by atoms with van der Waals surface area (Å²) in [5.41, 5.74) is 2.59. The molecule has 0 atom stereocenters. The third kappa shape index (κ3) is 3.75. The molecular weight excluding hydrogens is 272 g/mol. The predicted octanol–water partition coefficient (Wildman–Crippen LogP) is 3.58. The zero-order valence-corrected chi connectivity index (χ0v) is 12.5. The Bertz CT molecular complexity index is 570. The molecule has 18 heavy (non-hydrogen) atoms. The monoisotopic (exact) mass is 288 g/mol. The summed E-state index contributed by atoms with van der Waals surface area (Å²) < 4.78 is 28.3. The summed E-state index contributed by atoms with van der Waals surface area (Å²) in [5.74, 6) is 0.675. The molecule has 0 aliphatic rings. The Balaban J connectivity index is 3.06. The van der Waals surface area contributed by atoms with Crippen LogP contribution in [-0.4, -0.2) is 15.0 Å². The Hall–Kier alpha value is -1.00. The van der Waals surface area contributed by atoms with Crippen molar-refractivity contribution in [3.63, 3.8) is 0 Å². The molecule has 0 radical (unpaired) electrons. The van der Waals surface area contributed by atoms with Crippen molar-refractivity contribution in [1.82, 2.24) is 0 Å². The molecule has 0 unspecified atom stereocenters. The van der Waals surface area contributed by atoms with Crippen molar-refractivity contribution in [3.05, 3.63) is 34.9 Å². The van der Waals surface area contributed by atoms with Gasteiger partial charge in [-0.2, -0.15) is 0 Å². The number of benzene rings is 1. The van der Waals surface area contributed by atoms with E-state index >= 15 is 0 Å². The lowest BCUT2D eigenvalue weighted by atomic mass is 10.1. The summed E-state index contributed by atoms with van der Waals surface area (Å²) in [4.78, 5) is 0.135. The average molecular weight is 289 g/mol. The Morgan fingerprint density at radius 1 is 1.28 bits per heavy atom. The maximum atomic E-state index is 11.3. The van der Waals surface area contributed by atoms with Crippen LogP contribution in [0.2, 0.25) is 0 Å². The molecule has 0 spiro atoms. The largest absolute Gasteiger partial charge is 0.489 e. The van der Waals surface area contributed by atoms with Gasteiger partial charge < -0.3 is 4.74 Å². The molecule has 0 aliphatic heterocycles. The molecule has 100 valence electrons. The van der Waals surface area contributed by atoms with E-state index in [1.165, 1.54) is 11.6 Å². The van der Waals surface area contributed by atoms with Crippen LogP contribution >= 0.6 is 10.7 Å². The molecule has 1 aromatic rings. The van der Waals surface area contributed by atoms with Gasteiger partial charge in [-0.25, -0.2) is 8.42 Å². The van der Waals surface area contributed by atoms with Crippen LogP contribution in [0.3, 0.4) is 0 Å². The van der Waals surface area contributed by atoms with Crippen molar-refractivity contribution in [2.45, 2.75) is 32.6 Å². The highest BCUT2D eigenvalue weighted by Gasteiger charge is 2.16. The van der Waals surface area contributed by atoms with Crippen LogP contribution < -0.4 is 4.74 Å². The Kier molecular flexibility index (Phi) is 4.82. The number of halogens is 1.